The van der Waals surface area contributed by atoms with Crippen LogP contribution >= 0.6 is 11.6 Å². The summed E-state index contributed by atoms with van der Waals surface area (Å²) in [6.45, 7) is 6.61. The quantitative estimate of drug-likeness (QED) is 0.800. The summed E-state index contributed by atoms with van der Waals surface area (Å²) in [6.07, 6.45) is 2.16. The van der Waals surface area contributed by atoms with E-state index in [0.29, 0.717) is 49.6 Å². The molecule has 1 saturated carbocycles. The van der Waals surface area contributed by atoms with Gasteiger partial charge in [0.2, 0.25) is 5.91 Å². The molecule has 4 rings (SSSR count). The zero-order valence-electron chi connectivity index (χ0n) is 16.7. The maximum atomic E-state index is 13.0. The lowest BCUT2D eigenvalue weighted by atomic mass is 10.2. The molecular formula is C20H25ClN6O2. The number of nitrogens with one attached hydrogen (secondary N) is 1. The number of hydrogen-bond acceptors (Lipinski definition) is 5. The van der Waals surface area contributed by atoms with Crippen molar-refractivity contribution in [2.45, 2.75) is 32.7 Å². The average molecular weight is 417 g/mol. The molecule has 0 atom stereocenters. The van der Waals surface area contributed by atoms with Crippen molar-refractivity contribution in [1.29, 1.82) is 0 Å². The summed E-state index contributed by atoms with van der Waals surface area (Å²) in [4.78, 5) is 33.3. The van der Waals surface area contributed by atoms with E-state index in [-0.39, 0.29) is 17.5 Å². The average Bonchev–Trinajstić information content (AvgIpc) is 3.43. The summed E-state index contributed by atoms with van der Waals surface area (Å²) >= 11 is 6.29. The Labute approximate surface area is 174 Å². The third-order valence-electron chi connectivity index (χ3n) is 5.23. The van der Waals surface area contributed by atoms with Gasteiger partial charge in [-0.25, -0.2) is 9.67 Å². The van der Waals surface area contributed by atoms with E-state index in [1.165, 1.54) is 0 Å². The second kappa shape index (κ2) is 8.12. The van der Waals surface area contributed by atoms with E-state index < -0.39 is 0 Å². The van der Waals surface area contributed by atoms with Crippen LogP contribution in [-0.2, 0) is 4.79 Å². The first kappa shape index (κ1) is 19.8. The lowest BCUT2D eigenvalue weighted by Crippen LogP contribution is -2.51. The van der Waals surface area contributed by atoms with Crippen LogP contribution in [0.1, 0.15) is 34.7 Å². The predicted molar refractivity (Wildman–Crippen MR) is 109 cm³/mol. The van der Waals surface area contributed by atoms with Crippen LogP contribution < -0.4 is 5.32 Å². The molecule has 29 heavy (non-hydrogen) atoms. The highest BCUT2D eigenvalue weighted by Gasteiger charge is 2.28. The second-order valence-corrected chi connectivity index (χ2v) is 8.16. The van der Waals surface area contributed by atoms with Crippen LogP contribution in [-0.4, -0.2) is 75.1 Å². The number of carbonyl (C=O) groups excluding carboxylic acids is 2. The van der Waals surface area contributed by atoms with Crippen LogP contribution in [0.15, 0.2) is 18.2 Å². The highest BCUT2D eigenvalue weighted by atomic mass is 35.5. The Bertz CT molecular complexity index is 931. The van der Waals surface area contributed by atoms with Gasteiger partial charge in [0.25, 0.3) is 5.91 Å². The third kappa shape index (κ3) is 4.59. The lowest BCUT2D eigenvalue weighted by Gasteiger charge is -2.34. The Morgan fingerprint density at radius 2 is 1.90 bits per heavy atom. The Hall–Kier alpha value is -2.45. The van der Waals surface area contributed by atoms with E-state index in [2.05, 4.69) is 20.3 Å². The predicted octanol–water partition coefficient (Wildman–Crippen LogP) is 1.57. The first-order chi connectivity index (χ1) is 13.9. The Balaban J connectivity index is 1.41. The summed E-state index contributed by atoms with van der Waals surface area (Å²) < 4.78 is 1.71. The first-order valence-corrected chi connectivity index (χ1v) is 10.3. The van der Waals surface area contributed by atoms with Crippen LogP contribution in [0, 0.1) is 13.8 Å². The molecule has 1 aliphatic carbocycles. The molecule has 8 nitrogen and oxygen atoms in total. The Morgan fingerprint density at radius 1 is 1.17 bits per heavy atom. The van der Waals surface area contributed by atoms with Crippen molar-refractivity contribution in [1.82, 2.24) is 29.9 Å². The number of rotatable bonds is 5. The zero-order valence-corrected chi connectivity index (χ0v) is 17.4. The van der Waals surface area contributed by atoms with Gasteiger partial charge in [0.15, 0.2) is 5.82 Å². The summed E-state index contributed by atoms with van der Waals surface area (Å²) in [5.41, 5.74) is 2.06. The van der Waals surface area contributed by atoms with Gasteiger partial charge in [-0.2, -0.15) is 5.10 Å². The molecule has 154 valence electrons. The van der Waals surface area contributed by atoms with Gasteiger partial charge in [-0.3, -0.25) is 14.5 Å². The number of piperazine rings is 1. The summed E-state index contributed by atoms with van der Waals surface area (Å²) in [5, 5.41) is 7.75. The van der Waals surface area contributed by atoms with Gasteiger partial charge in [-0.05, 0) is 44.9 Å². The Kier molecular flexibility index (Phi) is 5.56. The number of hydrogen-bond donors (Lipinski definition) is 1. The molecule has 1 N–H and O–H groups in total. The number of pyridine rings is 1. The monoisotopic (exact) mass is 416 g/mol. The molecule has 9 heteroatoms. The van der Waals surface area contributed by atoms with Crippen molar-refractivity contribution >= 4 is 23.4 Å². The minimum Gasteiger partial charge on any atom is -0.352 e. The molecule has 2 aliphatic rings. The minimum atomic E-state index is -0.194. The van der Waals surface area contributed by atoms with E-state index in [1.54, 1.807) is 21.7 Å². The molecule has 0 aromatic carbocycles. The van der Waals surface area contributed by atoms with Crippen LogP contribution in [0.25, 0.3) is 5.82 Å². The summed E-state index contributed by atoms with van der Waals surface area (Å²) in [7, 11) is 0. The first-order valence-electron chi connectivity index (χ1n) is 9.92. The van der Waals surface area contributed by atoms with Crippen molar-refractivity contribution < 1.29 is 9.59 Å². The van der Waals surface area contributed by atoms with Gasteiger partial charge in [0.05, 0.1) is 17.3 Å². The van der Waals surface area contributed by atoms with E-state index in [1.807, 2.05) is 19.9 Å². The number of aromatic nitrogens is 3. The molecule has 0 bridgehead atoms. The highest BCUT2D eigenvalue weighted by molar-refractivity contribution is 6.33. The largest absolute Gasteiger partial charge is 0.352 e. The summed E-state index contributed by atoms with van der Waals surface area (Å²) in [6, 6.07) is 5.77. The number of carbonyl (C=O) groups is 2. The fourth-order valence-electron chi connectivity index (χ4n) is 3.52. The molecule has 1 aliphatic heterocycles. The number of aryl methyl sites for hydroxylation is 2. The van der Waals surface area contributed by atoms with Crippen LogP contribution in [0.4, 0.5) is 0 Å². The lowest BCUT2D eigenvalue weighted by molar-refractivity contribution is -0.122. The van der Waals surface area contributed by atoms with E-state index >= 15 is 0 Å². The number of nitrogens with zero attached hydrogens (tertiary/aromatic N) is 5. The highest BCUT2D eigenvalue weighted by Crippen LogP contribution is 2.20. The van der Waals surface area contributed by atoms with E-state index in [0.717, 1.165) is 24.2 Å². The van der Waals surface area contributed by atoms with Crippen molar-refractivity contribution in [2.24, 2.45) is 0 Å². The molecule has 0 spiro atoms. The van der Waals surface area contributed by atoms with Crippen LogP contribution in [0.5, 0.6) is 0 Å². The maximum Gasteiger partial charge on any atom is 0.274 e. The van der Waals surface area contributed by atoms with Crippen molar-refractivity contribution in [3.63, 3.8) is 0 Å². The smallest absolute Gasteiger partial charge is 0.274 e. The van der Waals surface area contributed by atoms with Crippen molar-refractivity contribution in [3.8, 4) is 5.82 Å². The SMILES string of the molecule is Cc1cc(C)n(-c2ccc(Cl)c(C(=O)N3CCN(CC(=O)NC4CC4)CC3)n2)n1. The molecular weight excluding hydrogens is 392 g/mol. The standard InChI is InChI=1S/C20H25ClN6O2/c1-13-11-14(2)27(24-13)17-6-5-16(21)19(23-17)20(29)26-9-7-25(8-10-26)12-18(28)22-15-3-4-15/h5-6,11,15H,3-4,7-10,12H2,1-2H3,(H,22,28). The topological polar surface area (TPSA) is 83.4 Å². The van der Waals surface area contributed by atoms with Gasteiger partial charge in [-0.1, -0.05) is 11.6 Å². The Morgan fingerprint density at radius 3 is 2.52 bits per heavy atom. The molecule has 2 aromatic rings. The second-order valence-electron chi connectivity index (χ2n) is 7.75. The van der Waals surface area contributed by atoms with Gasteiger partial charge < -0.3 is 10.2 Å². The molecule has 2 aromatic heterocycles. The normalized spacial score (nSPS) is 17.4. The van der Waals surface area contributed by atoms with Crippen LogP contribution in [0.2, 0.25) is 5.02 Å². The number of amides is 2. The van der Waals surface area contributed by atoms with Gasteiger partial charge in [0, 0.05) is 37.9 Å². The fourth-order valence-corrected chi connectivity index (χ4v) is 3.71. The zero-order chi connectivity index (χ0) is 20.5. The number of halogens is 1. The molecule has 2 amide bonds. The van der Waals surface area contributed by atoms with Gasteiger partial charge in [0.1, 0.15) is 5.69 Å². The third-order valence-corrected chi connectivity index (χ3v) is 5.53. The van der Waals surface area contributed by atoms with Gasteiger partial charge >= 0.3 is 0 Å². The molecule has 2 fully saturated rings. The minimum absolute atomic E-state index is 0.0644. The summed E-state index contributed by atoms with van der Waals surface area (Å²) in [5.74, 6) is 0.439. The molecule has 1 saturated heterocycles. The fraction of sp³-hybridized carbons (Fsp3) is 0.500. The molecule has 0 unspecified atom stereocenters. The van der Waals surface area contributed by atoms with Crippen molar-refractivity contribution in [2.75, 3.05) is 32.7 Å². The van der Waals surface area contributed by atoms with Crippen molar-refractivity contribution in [3.05, 3.63) is 40.3 Å². The van der Waals surface area contributed by atoms with E-state index in [9.17, 15) is 9.59 Å². The molecule has 3 heterocycles. The van der Waals surface area contributed by atoms with E-state index in [4.69, 9.17) is 11.6 Å². The van der Waals surface area contributed by atoms with Gasteiger partial charge in [-0.15, -0.1) is 0 Å². The molecule has 0 radical (unpaired) electrons. The van der Waals surface area contributed by atoms with Crippen LogP contribution in [0.3, 0.4) is 0 Å². The maximum absolute atomic E-state index is 13.0.